The van der Waals surface area contributed by atoms with Crippen LogP contribution in [-0.2, 0) is 6.42 Å². The van der Waals surface area contributed by atoms with Gasteiger partial charge in [0.05, 0.1) is 6.04 Å². The van der Waals surface area contributed by atoms with Gasteiger partial charge >= 0.3 is 6.01 Å². The first-order valence-electron chi connectivity index (χ1n) is 11.5. The minimum Gasteiger partial charge on any atom is -0.424 e. The first-order chi connectivity index (χ1) is 15.9. The largest absolute Gasteiger partial charge is 0.424 e. The summed E-state index contributed by atoms with van der Waals surface area (Å²) >= 11 is 0. The molecule has 5 rings (SSSR count). The normalized spacial score (nSPS) is 22.2. The molecule has 1 aliphatic heterocycles. The molecule has 2 fully saturated rings. The van der Waals surface area contributed by atoms with E-state index in [1.165, 1.54) is 12.8 Å². The molecule has 0 N–H and O–H groups in total. The summed E-state index contributed by atoms with van der Waals surface area (Å²) in [7, 11) is 0. The molecule has 1 unspecified atom stereocenters. The zero-order valence-electron chi connectivity index (χ0n) is 19.1. The Morgan fingerprint density at radius 3 is 2.36 bits per heavy atom. The second-order valence-corrected chi connectivity index (χ2v) is 9.44. The molecule has 1 aromatic carbocycles. The topological polar surface area (TPSA) is 69.0 Å². The fraction of sp³-hybridized carbons (Fsp3) is 0.500. The third kappa shape index (κ3) is 4.54. The number of aryl methyl sites for hydroxylation is 1. The smallest absolute Gasteiger partial charge is 0.320 e. The van der Waals surface area contributed by atoms with Gasteiger partial charge in [0.2, 0.25) is 0 Å². The van der Waals surface area contributed by atoms with Crippen LogP contribution in [0, 0.1) is 36.3 Å². The highest BCUT2D eigenvalue weighted by Crippen LogP contribution is 2.44. The van der Waals surface area contributed by atoms with E-state index in [0.717, 1.165) is 49.2 Å². The van der Waals surface area contributed by atoms with E-state index < -0.39 is 11.6 Å². The molecule has 2 aromatic heterocycles. The number of hydrogen-bond donors (Lipinski definition) is 0. The molecule has 33 heavy (non-hydrogen) atoms. The summed E-state index contributed by atoms with van der Waals surface area (Å²) in [6, 6.07) is 5.41. The monoisotopic (exact) mass is 454 g/mol. The van der Waals surface area contributed by atoms with Crippen molar-refractivity contribution in [3.05, 3.63) is 53.7 Å². The zero-order chi connectivity index (χ0) is 23.1. The Kier molecular flexibility index (Phi) is 5.72. The molecule has 9 heteroatoms. The summed E-state index contributed by atoms with van der Waals surface area (Å²) in [6.07, 6.45) is 4.77. The standard InChI is InChI=1S/C24H28F2N6O/c1-14(2)32-24(33-20-8-18(25)7-19(26)9-20)29-22(30-32)10-21-16-4-5-17(21)12-31(11-16)23-6-15(3)27-13-28-23/h6-9,13-14,16-17,21H,4-5,10-12H2,1-3H3/t16-,17+,21?. The van der Waals surface area contributed by atoms with Crippen molar-refractivity contribution in [1.29, 1.82) is 0 Å². The van der Waals surface area contributed by atoms with Crippen molar-refractivity contribution in [1.82, 2.24) is 24.7 Å². The van der Waals surface area contributed by atoms with Gasteiger partial charge in [0, 0.05) is 49.5 Å². The Morgan fingerprint density at radius 1 is 1.03 bits per heavy atom. The molecule has 1 saturated heterocycles. The van der Waals surface area contributed by atoms with Gasteiger partial charge in [-0.05, 0) is 51.4 Å². The lowest BCUT2D eigenvalue weighted by Crippen LogP contribution is -2.43. The lowest BCUT2D eigenvalue weighted by atomic mass is 9.82. The van der Waals surface area contributed by atoms with E-state index in [-0.39, 0.29) is 17.8 Å². The third-order valence-corrected chi connectivity index (χ3v) is 6.74. The van der Waals surface area contributed by atoms with E-state index >= 15 is 0 Å². The number of halogens is 2. The third-order valence-electron chi connectivity index (χ3n) is 6.74. The molecule has 7 nitrogen and oxygen atoms in total. The predicted molar refractivity (Wildman–Crippen MR) is 119 cm³/mol. The first kappa shape index (κ1) is 21.7. The molecule has 3 atom stereocenters. The van der Waals surface area contributed by atoms with Gasteiger partial charge in [0.25, 0.3) is 0 Å². The molecule has 1 saturated carbocycles. The molecule has 0 spiro atoms. The average Bonchev–Trinajstić information content (AvgIpc) is 3.23. The number of fused-ring (bicyclic) bond motifs is 2. The number of ether oxygens (including phenoxy) is 1. The minimum atomic E-state index is -0.692. The molecular weight excluding hydrogens is 426 g/mol. The number of piperidine rings is 1. The van der Waals surface area contributed by atoms with E-state index in [4.69, 9.17) is 4.74 Å². The van der Waals surface area contributed by atoms with Crippen LogP contribution in [0.2, 0.25) is 0 Å². The van der Waals surface area contributed by atoms with E-state index in [1.54, 1.807) is 11.0 Å². The Morgan fingerprint density at radius 2 is 1.73 bits per heavy atom. The lowest BCUT2D eigenvalue weighted by Gasteiger charge is -2.38. The molecule has 2 bridgehead atoms. The van der Waals surface area contributed by atoms with Crippen molar-refractivity contribution in [2.24, 2.45) is 17.8 Å². The van der Waals surface area contributed by atoms with Crippen molar-refractivity contribution < 1.29 is 13.5 Å². The first-order valence-corrected chi connectivity index (χ1v) is 11.5. The van der Waals surface area contributed by atoms with Crippen LogP contribution in [0.4, 0.5) is 14.6 Å². The van der Waals surface area contributed by atoms with E-state index in [0.29, 0.717) is 23.6 Å². The molecule has 1 aliphatic carbocycles. The van der Waals surface area contributed by atoms with Gasteiger partial charge in [-0.3, -0.25) is 0 Å². The number of benzene rings is 1. The van der Waals surface area contributed by atoms with Crippen LogP contribution in [0.25, 0.3) is 0 Å². The summed E-state index contributed by atoms with van der Waals surface area (Å²) in [5.74, 6) is 1.99. The number of anilines is 1. The van der Waals surface area contributed by atoms with Crippen LogP contribution < -0.4 is 9.64 Å². The zero-order valence-corrected chi connectivity index (χ0v) is 19.1. The highest BCUT2D eigenvalue weighted by atomic mass is 19.1. The second-order valence-electron chi connectivity index (χ2n) is 9.44. The molecule has 2 aliphatic rings. The van der Waals surface area contributed by atoms with Gasteiger partial charge in [-0.1, -0.05) is 0 Å². The fourth-order valence-electron chi connectivity index (χ4n) is 5.22. The second kappa shape index (κ2) is 8.68. The maximum absolute atomic E-state index is 13.6. The predicted octanol–water partition coefficient (Wildman–Crippen LogP) is 4.73. The Balaban J connectivity index is 1.33. The highest BCUT2D eigenvalue weighted by molar-refractivity contribution is 5.40. The molecule has 0 amide bonds. The quantitative estimate of drug-likeness (QED) is 0.536. The van der Waals surface area contributed by atoms with Crippen LogP contribution in [0.15, 0.2) is 30.6 Å². The fourth-order valence-corrected chi connectivity index (χ4v) is 5.22. The van der Waals surface area contributed by atoms with Crippen LogP contribution >= 0.6 is 0 Å². The lowest BCUT2D eigenvalue weighted by molar-refractivity contribution is 0.264. The van der Waals surface area contributed by atoms with Crippen LogP contribution in [-0.4, -0.2) is 37.8 Å². The molecular formula is C24H28F2N6O. The van der Waals surface area contributed by atoms with Crippen molar-refractivity contribution >= 4 is 5.82 Å². The van der Waals surface area contributed by atoms with Gasteiger partial charge in [-0.15, -0.1) is 0 Å². The van der Waals surface area contributed by atoms with E-state index in [2.05, 4.69) is 25.0 Å². The van der Waals surface area contributed by atoms with E-state index in [9.17, 15) is 8.78 Å². The summed E-state index contributed by atoms with van der Waals surface area (Å²) in [5, 5.41) is 4.69. The summed E-state index contributed by atoms with van der Waals surface area (Å²) in [4.78, 5) is 15.7. The van der Waals surface area contributed by atoms with Gasteiger partial charge in [0.1, 0.15) is 29.5 Å². The maximum Gasteiger partial charge on any atom is 0.320 e. The number of nitrogens with zero attached hydrogens (tertiary/aromatic N) is 6. The van der Waals surface area contributed by atoms with Gasteiger partial charge in [0.15, 0.2) is 5.82 Å². The maximum atomic E-state index is 13.6. The molecule has 0 radical (unpaired) electrons. The van der Waals surface area contributed by atoms with Crippen molar-refractivity contribution in [3.63, 3.8) is 0 Å². The number of hydrogen-bond acceptors (Lipinski definition) is 6. The molecule has 3 aromatic rings. The van der Waals surface area contributed by atoms with Crippen LogP contribution in [0.1, 0.15) is 44.2 Å². The summed E-state index contributed by atoms with van der Waals surface area (Å²) < 4.78 is 34.6. The Hall–Kier alpha value is -3.10. The Labute approximate surface area is 191 Å². The van der Waals surface area contributed by atoms with Crippen molar-refractivity contribution in [2.45, 2.75) is 46.1 Å². The average molecular weight is 455 g/mol. The Bertz CT molecular complexity index is 1120. The summed E-state index contributed by atoms with van der Waals surface area (Å²) in [6.45, 7) is 7.87. The molecule has 3 heterocycles. The molecule has 174 valence electrons. The van der Waals surface area contributed by atoms with Crippen molar-refractivity contribution in [2.75, 3.05) is 18.0 Å². The minimum absolute atomic E-state index is 0.000713. The number of rotatable bonds is 6. The van der Waals surface area contributed by atoms with Gasteiger partial charge in [-0.25, -0.2) is 23.4 Å². The number of aromatic nitrogens is 5. The van der Waals surface area contributed by atoms with E-state index in [1.807, 2.05) is 26.8 Å². The van der Waals surface area contributed by atoms with Crippen molar-refractivity contribution in [3.8, 4) is 11.8 Å². The van der Waals surface area contributed by atoms with Gasteiger partial charge in [-0.2, -0.15) is 10.1 Å². The van der Waals surface area contributed by atoms with Crippen LogP contribution in [0.3, 0.4) is 0 Å². The SMILES string of the molecule is Cc1cc(N2C[C@H]3CC[C@@H](C2)C3Cc2nc(Oc3cc(F)cc(F)c3)n(C(C)C)n2)ncn1. The van der Waals surface area contributed by atoms with Gasteiger partial charge < -0.3 is 9.64 Å². The van der Waals surface area contributed by atoms with Crippen LogP contribution in [0.5, 0.6) is 11.8 Å². The highest BCUT2D eigenvalue weighted by Gasteiger charge is 2.43. The summed E-state index contributed by atoms with van der Waals surface area (Å²) in [5.41, 5.74) is 0.976.